The van der Waals surface area contributed by atoms with Gasteiger partial charge in [-0.25, -0.2) is 0 Å². The van der Waals surface area contributed by atoms with Crippen LogP contribution in [0.15, 0.2) is 54.6 Å². The molecule has 1 unspecified atom stereocenters. The molecule has 0 aliphatic heterocycles. The van der Waals surface area contributed by atoms with Crippen LogP contribution in [0.25, 0.3) is 11.1 Å². The fraction of sp³-hybridized carbons (Fsp3) is 0.125. The predicted octanol–water partition coefficient (Wildman–Crippen LogP) is 3.87. The maximum absolute atomic E-state index is 9.00. The van der Waals surface area contributed by atoms with E-state index in [9.17, 15) is 0 Å². The Morgan fingerprint density at radius 2 is 1.44 bits per heavy atom. The molecule has 0 aliphatic rings. The first-order chi connectivity index (χ1) is 8.85. The van der Waals surface area contributed by atoms with Crippen molar-refractivity contribution >= 4 is 0 Å². The van der Waals surface area contributed by atoms with E-state index >= 15 is 0 Å². The first kappa shape index (κ1) is 11.9. The second-order valence-electron chi connectivity index (χ2n) is 4.03. The molecule has 0 amide bonds. The molecule has 1 atom stereocenters. The summed E-state index contributed by atoms with van der Waals surface area (Å²) >= 11 is 0. The van der Waals surface area contributed by atoms with Crippen molar-refractivity contribution in [3.8, 4) is 23.3 Å². The largest absolute Gasteiger partial charge is 0.198 e. The summed E-state index contributed by atoms with van der Waals surface area (Å²) in [5.74, 6) is -0.333. The van der Waals surface area contributed by atoms with Crippen LogP contribution in [0.4, 0.5) is 0 Å². The van der Waals surface area contributed by atoms with E-state index < -0.39 is 0 Å². The highest BCUT2D eigenvalue weighted by Crippen LogP contribution is 2.23. The number of hydrogen-bond donors (Lipinski definition) is 0. The minimum Gasteiger partial charge on any atom is -0.198 e. The van der Waals surface area contributed by atoms with Crippen LogP contribution in [-0.4, -0.2) is 0 Å². The molecule has 86 valence electrons. The highest BCUT2D eigenvalue weighted by molar-refractivity contribution is 5.63. The number of benzene rings is 2. The minimum absolute atomic E-state index is 0.237. The Bertz CT molecular complexity index is 586. The van der Waals surface area contributed by atoms with E-state index in [0.717, 1.165) is 16.7 Å². The Morgan fingerprint density at radius 1 is 0.833 bits per heavy atom. The molecule has 0 saturated heterocycles. The standard InChI is InChI=1S/C16H12N2/c17-11-10-16(12-18)15-8-6-14(7-9-15)13-4-2-1-3-5-13/h1-9,16H,10H2. The van der Waals surface area contributed by atoms with Gasteiger partial charge in [0.25, 0.3) is 0 Å². The average molecular weight is 232 g/mol. The van der Waals surface area contributed by atoms with Crippen molar-refractivity contribution in [2.45, 2.75) is 12.3 Å². The van der Waals surface area contributed by atoms with E-state index in [1.165, 1.54) is 0 Å². The minimum atomic E-state index is -0.333. The van der Waals surface area contributed by atoms with Crippen LogP contribution < -0.4 is 0 Å². The van der Waals surface area contributed by atoms with Gasteiger partial charge in [0, 0.05) is 0 Å². The monoisotopic (exact) mass is 232 g/mol. The third-order valence-electron chi connectivity index (χ3n) is 2.87. The van der Waals surface area contributed by atoms with Crippen molar-refractivity contribution in [3.63, 3.8) is 0 Å². The maximum Gasteiger partial charge on any atom is 0.0842 e. The Labute approximate surface area is 107 Å². The summed E-state index contributed by atoms with van der Waals surface area (Å²) in [6, 6.07) is 22.1. The molecule has 2 aromatic carbocycles. The molecule has 0 bridgehead atoms. The van der Waals surface area contributed by atoms with E-state index in [1.54, 1.807) is 0 Å². The van der Waals surface area contributed by atoms with Crippen molar-refractivity contribution in [2.75, 3.05) is 0 Å². The quantitative estimate of drug-likeness (QED) is 0.806. The van der Waals surface area contributed by atoms with Crippen LogP contribution in [0.2, 0.25) is 0 Å². The van der Waals surface area contributed by atoms with Gasteiger partial charge in [-0.15, -0.1) is 0 Å². The summed E-state index contributed by atoms with van der Waals surface area (Å²) in [5, 5.41) is 17.7. The van der Waals surface area contributed by atoms with Gasteiger partial charge in [0.15, 0.2) is 0 Å². The van der Waals surface area contributed by atoms with E-state index in [1.807, 2.05) is 60.7 Å². The third-order valence-corrected chi connectivity index (χ3v) is 2.87. The maximum atomic E-state index is 9.00. The predicted molar refractivity (Wildman–Crippen MR) is 70.5 cm³/mol. The Kier molecular flexibility index (Phi) is 3.74. The van der Waals surface area contributed by atoms with Crippen molar-refractivity contribution in [3.05, 3.63) is 60.2 Å². The fourth-order valence-electron chi connectivity index (χ4n) is 1.87. The molecule has 0 aromatic heterocycles. The molecule has 18 heavy (non-hydrogen) atoms. The zero-order chi connectivity index (χ0) is 12.8. The van der Waals surface area contributed by atoms with E-state index in [-0.39, 0.29) is 12.3 Å². The number of rotatable bonds is 3. The van der Waals surface area contributed by atoms with Gasteiger partial charge >= 0.3 is 0 Å². The van der Waals surface area contributed by atoms with Crippen LogP contribution in [0.1, 0.15) is 17.9 Å². The summed E-state index contributed by atoms with van der Waals surface area (Å²) in [6.45, 7) is 0. The molecule has 0 spiro atoms. The SMILES string of the molecule is N#CCC(C#N)c1ccc(-c2ccccc2)cc1. The van der Waals surface area contributed by atoms with Gasteiger partial charge in [-0.05, 0) is 16.7 Å². The van der Waals surface area contributed by atoms with Gasteiger partial charge < -0.3 is 0 Å². The van der Waals surface area contributed by atoms with Gasteiger partial charge in [-0.2, -0.15) is 10.5 Å². The van der Waals surface area contributed by atoms with Crippen molar-refractivity contribution < 1.29 is 0 Å². The Balaban J connectivity index is 2.26. The highest BCUT2D eigenvalue weighted by atomic mass is 14.3. The number of nitriles is 2. The molecular weight excluding hydrogens is 220 g/mol. The van der Waals surface area contributed by atoms with E-state index in [2.05, 4.69) is 6.07 Å². The molecule has 2 aromatic rings. The lowest BCUT2D eigenvalue weighted by Gasteiger charge is -2.07. The first-order valence-corrected chi connectivity index (χ1v) is 5.77. The lowest BCUT2D eigenvalue weighted by atomic mass is 9.95. The molecule has 0 saturated carbocycles. The Morgan fingerprint density at radius 3 is 2.00 bits per heavy atom. The second-order valence-corrected chi connectivity index (χ2v) is 4.03. The molecule has 0 fully saturated rings. The summed E-state index contributed by atoms with van der Waals surface area (Å²) < 4.78 is 0. The van der Waals surface area contributed by atoms with E-state index in [0.29, 0.717) is 0 Å². The molecule has 2 heteroatoms. The fourth-order valence-corrected chi connectivity index (χ4v) is 1.87. The molecule has 0 N–H and O–H groups in total. The summed E-state index contributed by atoms with van der Waals surface area (Å²) in [5.41, 5.74) is 3.17. The average Bonchev–Trinajstić information content (AvgIpc) is 2.46. The van der Waals surface area contributed by atoms with E-state index in [4.69, 9.17) is 10.5 Å². The summed E-state index contributed by atoms with van der Waals surface area (Å²) in [4.78, 5) is 0. The Hall–Kier alpha value is -2.58. The van der Waals surface area contributed by atoms with Crippen molar-refractivity contribution in [2.24, 2.45) is 0 Å². The van der Waals surface area contributed by atoms with Crippen LogP contribution in [-0.2, 0) is 0 Å². The topological polar surface area (TPSA) is 47.6 Å². The van der Waals surface area contributed by atoms with Crippen LogP contribution in [0, 0.1) is 22.7 Å². The lowest BCUT2D eigenvalue weighted by molar-refractivity contribution is 0.887. The molecule has 0 heterocycles. The third kappa shape index (κ3) is 2.56. The summed E-state index contributed by atoms with van der Waals surface area (Å²) in [6.07, 6.45) is 0.237. The first-order valence-electron chi connectivity index (χ1n) is 5.77. The molecule has 0 aliphatic carbocycles. The van der Waals surface area contributed by atoms with Gasteiger partial charge in [-0.3, -0.25) is 0 Å². The van der Waals surface area contributed by atoms with Gasteiger partial charge in [0.1, 0.15) is 0 Å². The second kappa shape index (κ2) is 5.66. The molecular formula is C16H12N2. The lowest BCUT2D eigenvalue weighted by Crippen LogP contribution is -1.94. The number of hydrogen-bond acceptors (Lipinski definition) is 2. The van der Waals surface area contributed by atoms with Crippen molar-refractivity contribution in [1.82, 2.24) is 0 Å². The van der Waals surface area contributed by atoms with Crippen LogP contribution >= 0.6 is 0 Å². The van der Waals surface area contributed by atoms with Crippen molar-refractivity contribution in [1.29, 1.82) is 10.5 Å². The zero-order valence-electron chi connectivity index (χ0n) is 9.88. The smallest absolute Gasteiger partial charge is 0.0842 e. The van der Waals surface area contributed by atoms with Gasteiger partial charge in [-0.1, -0.05) is 54.6 Å². The van der Waals surface area contributed by atoms with Gasteiger partial charge in [0.2, 0.25) is 0 Å². The molecule has 2 rings (SSSR count). The van der Waals surface area contributed by atoms with Crippen LogP contribution in [0.3, 0.4) is 0 Å². The normalized spacial score (nSPS) is 11.2. The van der Waals surface area contributed by atoms with Gasteiger partial charge in [0.05, 0.1) is 24.5 Å². The molecule has 0 radical (unpaired) electrons. The zero-order valence-corrected chi connectivity index (χ0v) is 9.88. The highest BCUT2D eigenvalue weighted by Gasteiger charge is 2.09. The number of nitrogens with zero attached hydrogens (tertiary/aromatic N) is 2. The van der Waals surface area contributed by atoms with Crippen LogP contribution in [0.5, 0.6) is 0 Å². The molecule has 2 nitrogen and oxygen atoms in total. The summed E-state index contributed by atoms with van der Waals surface area (Å²) in [7, 11) is 0.